The zero-order valence-electron chi connectivity index (χ0n) is 14.5. The Bertz CT molecular complexity index is 844. The van der Waals surface area contributed by atoms with E-state index in [1.807, 2.05) is 12.1 Å². The minimum absolute atomic E-state index is 0.105. The van der Waals surface area contributed by atoms with E-state index in [-0.39, 0.29) is 12.0 Å². The Morgan fingerprint density at radius 3 is 2.32 bits per heavy atom. The number of carbonyl (C=O) groups is 1. The third-order valence-electron chi connectivity index (χ3n) is 3.86. The highest BCUT2D eigenvalue weighted by Gasteiger charge is 2.14. The lowest BCUT2D eigenvalue weighted by Gasteiger charge is -2.18. The van der Waals surface area contributed by atoms with E-state index in [1.54, 1.807) is 24.3 Å². The number of benzene rings is 2. The average molecular weight is 336 g/mol. The molecule has 1 heterocycles. The van der Waals surface area contributed by atoms with E-state index in [2.05, 4.69) is 43.0 Å². The van der Waals surface area contributed by atoms with E-state index in [1.165, 1.54) is 5.56 Å². The predicted octanol–water partition coefficient (Wildman–Crippen LogP) is 4.43. The quantitative estimate of drug-likeness (QED) is 0.645. The fourth-order valence-corrected chi connectivity index (χ4v) is 2.34. The molecule has 128 valence electrons. The van der Waals surface area contributed by atoms with Gasteiger partial charge in [-0.15, -0.1) is 0 Å². The minimum atomic E-state index is 0.105. The number of aldehydes is 1. The Balaban J connectivity index is 1.66. The molecule has 25 heavy (non-hydrogen) atoms. The highest BCUT2D eigenvalue weighted by atomic mass is 16.5. The van der Waals surface area contributed by atoms with Crippen molar-refractivity contribution < 1.29 is 14.1 Å². The van der Waals surface area contributed by atoms with E-state index in [9.17, 15) is 4.79 Å². The van der Waals surface area contributed by atoms with Crippen molar-refractivity contribution in [2.24, 2.45) is 0 Å². The molecule has 0 radical (unpaired) electrons. The summed E-state index contributed by atoms with van der Waals surface area (Å²) in [6.45, 7) is 6.70. The maximum Gasteiger partial charge on any atom is 0.264 e. The Labute approximate surface area is 146 Å². The largest absolute Gasteiger partial charge is 0.484 e. The summed E-state index contributed by atoms with van der Waals surface area (Å²) in [5, 5.41) is 4.01. The van der Waals surface area contributed by atoms with Crippen LogP contribution in [0.15, 0.2) is 53.1 Å². The zero-order chi connectivity index (χ0) is 17.9. The van der Waals surface area contributed by atoms with Gasteiger partial charge in [-0.3, -0.25) is 4.79 Å². The van der Waals surface area contributed by atoms with Gasteiger partial charge < -0.3 is 9.26 Å². The number of carbonyl (C=O) groups excluding carboxylic acids is 1. The van der Waals surface area contributed by atoms with Crippen molar-refractivity contribution in [2.75, 3.05) is 0 Å². The molecule has 0 aliphatic heterocycles. The molecule has 0 aliphatic carbocycles. The fourth-order valence-electron chi connectivity index (χ4n) is 2.34. The van der Waals surface area contributed by atoms with Crippen LogP contribution in [0.25, 0.3) is 11.4 Å². The van der Waals surface area contributed by atoms with Crippen molar-refractivity contribution in [3.05, 3.63) is 65.5 Å². The molecule has 0 unspecified atom stereocenters. The van der Waals surface area contributed by atoms with Crippen LogP contribution < -0.4 is 4.74 Å². The molecule has 5 nitrogen and oxygen atoms in total. The van der Waals surface area contributed by atoms with Gasteiger partial charge in [0.2, 0.25) is 5.82 Å². The number of hydrogen-bond acceptors (Lipinski definition) is 5. The number of nitrogens with zero attached hydrogens (tertiary/aromatic N) is 2. The molecule has 0 aliphatic rings. The van der Waals surface area contributed by atoms with Gasteiger partial charge in [-0.2, -0.15) is 4.98 Å². The van der Waals surface area contributed by atoms with Crippen molar-refractivity contribution in [1.29, 1.82) is 0 Å². The van der Waals surface area contributed by atoms with Crippen LogP contribution in [0.4, 0.5) is 0 Å². The van der Waals surface area contributed by atoms with Crippen LogP contribution in [0.5, 0.6) is 5.75 Å². The summed E-state index contributed by atoms with van der Waals surface area (Å²) in [6, 6.07) is 15.0. The van der Waals surface area contributed by atoms with E-state index in [4.69, 9.17) is 9.26 Å². The van der Waals surface area contributed by atoms with Crippen LogP contribution in [-0.2, 0) is 12.0 Å². The predicted molar refractivity (Wildman–Crippen MR) is 94.6 cm³/mol. The summed E-state index contributed by atoms with van der Waals surface area (Å²) >= 11 is 0. The van der Waals surface area contributed by atoms with E-state index < -0.39 is 0 Å². The molecule has 0 spiro atoms. The first-order chi connectivity index (χ1) is 12.0. The lowest BCUT2D eigenvalue weighted by Crippen LogP contribution is -2.10. The third-order valence-corrected chi connectivity index (χ3v) is 3.86. The average Bonchev–Trinajstić information content (AvgIpc) is 3.09. The Morgan fingerprint density at radius 1 is 1.04 bits per heavy atom. The van der Waals surface area contributed by atoms with Crippen LogP contribution in [0.3, 0.4) is 0 Å². The molecule has 3 rings (SSSR count). The lowest BCUT2D eigenvalue weighted by molar-refractivity contribution is 0.112. The molecule has 3 aromatic rings. The summed E-state index contributed by atoms with van der Waals surface area (Å²) in [4.78, 5) is 15.0. The molecule has 0 amide bonds. The van der Waals surface area contributed by atoms with Crippen molar-refractivity contribution >= 4 is 6.29 Å². The number of ether oxygens (including phenoxy) is 1. The van der Waals surface area contributed by atoms with E-state index in [0.717, 1.165) is 11.8 Å². The van der Waals surface area contributed by atoms with Gasteiger partial charge in [-0.05, 0) is 35.2 Å². The Kier molecular flexibility index (Phi) is 4.65. The second-order valence-electron chi connectivity index (χ2n) is 6.81. The lowest BCUT2D eigenvalue weighted by atomic mass is 9.87. The number of hydrogen-bond donors (Lipinski definition) is 0. The SMILES string of the molecule is CC(C)(C)c1ccc(-c2noc(COc3ccc(C=O)cc3)n2)cc1. The van der Waals surface area contributed by atoms with Crippen LogP contribution in [0.2, 0.25) is 0 Å². The first kappa shape index (κ1) is 16.9. The molecule has 0 saturated carbocycles. The monoisotopic (exact) mass is 336 g/mol. The molecule has 5 heteroatoms. The fraction of sp³-hybridized carbons (Fsp3) is 0.250. The number of rotatable bonds is 5. The van der Waals surface area contributed by atoms with Gasteiger partial charge in [-0.25, -0.2) is 0 Å². The second kappa shape index (κ2) is 6.89. The van der Waals surface area contributed by atoms with Gasteiger partial charge in [-0.1, -0.05) is 50.2 Å². The third kappa shape index (κ3) is 4.12. The van der Waals surface area contributed by atoms with Gasteiger partial charge in [0.25, 0.3) is 5.89 Å². The molecule has 0 saturated heterocycles. The molecule has 0 fully saturated rings. The summed E-state index contributed by atoms with van der Waals surface area (Å²) in [5.41, 5.74) is 2.86. The van der Waals surface area contributed by atoms with Gasteiger partial charge in [0.15, 0.2) is 6.61 Å². The smallest absolute Gasteiger partial charge is 0.264 e. The molecule has 0 atom stereocenters. The molecule has 0 bridgehead atoms. The molecular formula is C20H20N2O3. The van der Waals surface area contributed by atoms with Crippen LogP contribution in [0.1, 0.15) is 42.6 Å². The van der Waals surface area contributed by atoms with Gasteiger partial charge in [0.05, 0.1) is 0 Å². The van der Waals surface area contributed by atoms with Crippen molar-refractivity contribution in [1.82, 2.24) is 10.1 Å². The second-order valence-corrected chi connectivity index (χ2v) is 6.81. The molecular weight excluding hydrogens is 316 g/mol. The van der Waals surface area contributed by atoms with Gasteiger partial charge >= 0.3 is 0 Å². The molecule has 1 aromatic heterocycles. The highest BCUT2D eigenvalue weighted by molar-refractivity contribution is 5.74. The Hall–Kier alpha value is -2.95. The topological polar surface area (TPSA) is 65.2 Å². The summed E-state index contributed by atoms with van der Waals surface area (Å²) in [6.07, 6.45) is 0.791. The molecule has 2 aromatic carbocycles. The highest BCUT2D eigenvalue weighted by Crippen LogP contribution is 2.25. The van der Waals surface area contributed by atoms with Crippen LogP contribution >= 0.6 is 0 Å². The van der Waals surface area contributed by atoms with E-state index in [0.29, 0.717) is 23.0 Å². The van der Waals surface area contributed by atoms with Gasteiger partial charge in [0, 0.05) is 11.1 Å². The normalized spacial score (nSPS) is 11.3. The Morgan fingerprint density at radius 2 is 1.72 bits per heavy atom. The van der Waals surface area contributed by atoms with Crippen molar-refractivity contribution in [3.8, 4) is 17.1 Å². The maximum absolute atomic E-state index is 10.6. The minimum Gasteiger partial charge on any atom is -0.484 e. The molecule has 0 N–H and O–H groups in total. The first-order valence-electron chi connectivity index (χ1n) is 8.07. The summed E-state index contributed by atoms with van der Waals surface area (Å²) in [5.74, 6) is 1.57. The van der Waals surface area contributed by atoms with Crippen molar-refractivity contribution in [3.63, 3.8) is 0 Å². The van der Waals surface area contributed by atoms with Crippen LogP contribution in [0, 0.1) is 0 Å². The summed E-state index contributed by atoms with van der Waals surface area (Å²) in [7, 11) is 0. The summed E-state index contributed by atoms with van der Waals surface area (Å²) < 4.78 is 10.8. The van der Waals surface area contributed by atoms with E-state index >= 15 is 0 Å². The standard InChI is InChI=1S/C20H20N2O3/c1-20(2,3)16-8-6-15(7-9-16)19-21-18(25-22-19)13-24-17-10-4-14(12-23)5-11-17/h4-12H,13H2,1-3H3. The van der Waals surface area contributed by atoms with Crippen LogP contribution in [-0.4, -0.2) is 16.4 Å². The zero-order valence-corrected chi connectivity index (χ0v) is 14.5. The maximum atomic E-state index is 10.6. The first-order valence-corrected chi connectivity index (χ1v) is 8.07. The van der Waals surface area contributed by atoms with Crippen molar-refractivity contribution in [2.45, 2.75) is 32.8 Å². The number of aromatic nitrogens is 2. The van der Waals surface area contributed by atoms with Gasteiger partial charge in [0.1, 0.15) is 12.0 Å².